The van der Waals surface area contributed by atoms with Gasteiger partial charge in [0.1, 0.15) is 37.0 Å². The van der Waals surface area contributed by atoms with Crippen molar-refractivity contribution in [2.24, 2.45) is 0 Å². The molecule has 1 aliphatic carbocycles. The van der Waals surface area contributed by atoms with E-state index in [0.29, 0.717) is 19.3 Å². The average Bonchev–Trinajstić information content (AvgIpc) is 3.53. The van der Waals surface area contributed by atoms with Crippen molar-refractivity contribution in [3.8, 4) is 0 Å². The molecule has 0 amide bonds. The van der Waals surface area contributed by atoms with Crippen LogP contribution in [-0.4, -0.2) is 64.7 Å². The molecule has 5 atom stereocenters. The monoisotopic (exact) mass is 471 g/mol. The van der Waals surface area contributed by atoms with Gasteiger partial charge in [0, 0.05) is 11.6 Å². The van der Waals surface area contributed by atoms with Crippen LogP contribution >= 0.6 is 12.2 Å². The molecular formula is C24H35N6O2S+. The summed E-state index contributed by atoms with van der Waals surface area (Å²) in [6.07, 6.45) is 8.28. The van der Waals surface area contributed by atoms with E-state index in [1.807, 2.05) is 16.9 Å². The summed E-state index contributed by atoms with van der Waals surface area (Å²) in [7, 11) is 2.18. The van der Waals surface area contributed by atoms with Gasteiger partial charge in [-0.15, -0.1) is 5.10 Å². The highest BCUT2D eigenvalue weighted by molar-refractivity contribution is 7.80. The fourth-order valence-corrected chi connectivity index (χ4v) is 5.66. The zero-order chi connectivity index (χ0) is 22.6. The van der Waals surface area contributed by atoms with Gasteiger partial charge < -0.3 is 25.0 Å². The van der Waals surface area contributed by atoms with E-state index in [-0.39, 0.29) is 24.3 Å². The van der Waals surface area contributed by atoms with Crippen LogP contribution in [0.25, 0.3) is 0 Å². The van der Waals surface area contributed by atoms with Crippen LogP contribution in [0.2, 0.25) is 0 Å². The third kappa shape index (κ3) is 5.54. The number of hydrogen-bond acceptors (Lipinski definition) is 5. The Bertz CT molecular complexity index is 919. The third-order valence-corrected chi connectivity index (χ3v) is 7.25. The predicted molar refractivity (Wildman–Crippen MR) is 129 cm³/mol. The minimum atomic E-state index is -0.0380. The maximum Gasteiger partial charge on any atom is 0.166 e. The number of rotatable bonds is 7. The Morgan fingerprint density at radius 3 is 2.67 bits per heavy atom. The third-order valence-electron chi connectivity index (χ3n) is 7.01. The number of quaternary nitrogens is 1. The van der Waals surface area contributed by atoms with E-state index < -0.39 is 0 Å². The first-order valence-corrected chi connectivity index (χ1v) is 12.6. The molecule has 3 N–H and O–H groups in total. The largest absolute Gasteiger partial charge is 0.371 e. The minimum Gasteiger partial charge on any atom is -0.371 e. The summed E-state index contributed by atoms with van der Waals surface area (Å²) in [6, 6.07) is 11.1. The Kier molecular flexibility index (Phi) is 7.20. The van der Waals surface area contributed by atoms with E-state index in [0.717, 1.165) is 23.9 Å². The fraction of sp³-hybridized carbons (Fsp3) is 0.625. The van der Waals surface area contributed by atoms with Gasteiger partial charge in [-0.25, -0.2) is 4.68 Å². The average molecular weight is 472 g/mol. The molecule has 0 bridgehead atoms. The molecule has 33 heavy (non-hydrogen) atoms. The molecule has 8 nitrogen and oxygen atoms in total. The van der Waals surface area contributed by atoms with Gasteiger partial charge in [-0.2, -0.15) is 0 Å². The Balaban J connectivity index is 1.13. The van der Waals surface area contributed by atoms with E-state index >= 15 is 0 Å². The minimum absolute atomic E-state index is 0.0277. The molecule has 1 unspecified atom stereocenters. The van der Waals surface area contributed by atoms with E-state index in [1.54, 1.807) is 0 Å². The molecule has 1 saturated carbocycles. The molecule has 3 heterocycles. The first-order valence-electron chi connectivity index (χ1n) is 12.2. The molecule has 5 rings (SSSR count). The number of aromatic nitrogens is 3. The number of thiocarbonyl (C=S) groups is 1. The lowest BCUT2D eigenvalue weighted by Crippen LogP contribution is -3.06. The van der Waals surface area contributed by atoms with Crippen molar-refractivity contribution in [1.82, 2.24) is 25.6 Å². The Hall–Kier alpha value is -2.07. The molecule has 1 aromatic heterocycles. The van der Waals surface area contributed by atoms with Crippen LogP contribution in [0, 0.1) is 0 Å². The van der Waals surface area contributed by atoms with Crippen LogP contribution < -0.4 is 15.5 Å². The number of benzene rings is 1. The number of ether oxygens (including phenoxy) is 2. The lowest BCUT2D eigenvalue weighted by atomic mass is 9.96. The normalized spacial score (nSPS) is 28.4. The van der Waals surface area contributed by atoms with Crippen molar-refractivity contribution < 1.29 is 14.4 Å². The van der Waals surface area contributed by atoms with Gasteiger partial charge in [0.05, 0.1) is 32.5 Å². The van der Waals surface area contributed by atoms with Crippen LogP contribution in [-0.2, 0) is 22.6 Å². The van der Waals surface area contributed by atoms with Crippen molar-refractivity contribution in [2.75, 3.05) is 20.3 Å². The van der Waals surface area contributed by atoms with Crippen LogP contribution in [0.4, 0.5) is 0 Å². The first-order chi connectivity index (χ1) is 16.2. The second-order valence-electron chi connectivity index (χ2n) is 9.71. The summed E-state index contributed by atoms with van der Waals surface area (Å²) in [5.74, 6) is 0. The molecule has 3 aliphatic rings. The van der Waals surface area contributed by atoms with Crippen LogP contribution in [0.1, 0.15) is 49.4 Å². The summed E-state index contributed by atoms with van der Waals surface area (Å²) in [5.41, 5.74) is 2.31. The summed E-state index contributed by atoms with van der Waals surface area (Å²) in [4.78, 5) is 1.37. The van der Waals surface area contributed by atoms with Crippen molar-refractivity contribution in [3.63, 3.8) is 0 Å². The van der Waals surface area contributed by atoms with E-state index in [9.17, 15) is 0 Å². The molecule has 9 heteroatoms. The van der Waals surface area contributed by atoms with Gasteiger partial charge in [-0.1, -0.05) is 54.8 Å². The van der Waals surface area contributed by atoms with Crippen LogP contribution in [0.15, 0.2) is 36.5 Å². The van der Waals surface area contributed by atoms with Crippen molar-refractivity contribution in [3.05, 3.63) is 47.8 Å². The van der Waals surface area contributed by atoms with E-state index in [1.165, 1.54) is 42.6 Å². The summed E-state index contributed by atoms with van der Waals surface area (Å²) in [5, 5.41) is 16.5. The number of hydrogen-bond donors (Lipinski definition) is 3. The Morgan fingerprint density at radius 1 is 1.06 bits per heavy atom. The quantitative estimate of drug-likeness (QED) is 0.520. The van der Waals surface area contributed by atoms with Gasteiger partial charge in [0.2, 0.25) is 0 Å². The van der Waals surface area contributed by atoms with E-state index in [2.05, 4.69) is 52.3 Å². The highest BCUT2D eigenvalue weighted by Crippen LogP contribution is 2.34. The highest BCUT2D eigenvalue weighted by atomic mass is 32.1. The second-order valence-corrected chi connectivity index (χ2v) is 10.1. The highest BCUT2D eigenvalue weighted by Gasteiger charge is 2.49. The zero-order valence-corrected chi connectivity index (χ0v) is 20.1. The molecule has 178 valence electrons. The van der Waals surface area contributed by atoms with Gasteiger partial charge in [0.25, 0.3) is 0 Å². The predicted octanol–water partition coefficient (Wildman–Crippen LogP) is 0.997. The lowest BCUT2D eigenvalue weighted by molar-refractivity contribution is -0.908. The number of nitrogens with one attached hydrogen (secondary N) is 3. The molecule has 0 spiro atoms. The van der Waals surface area contributed by atoms with E-state index in [4.69, 9.17) is 21.7 Å². The van der Waals surface area contributed by atoms with Crippen LogP contribution in [0.5, 0.6) is 0 Å². The zero-order valence-electron chi connectivity index (χ0n) is 19.3. The first kappa shape index (κ1) is 22.7. The smallest absolute Gasteiger partial charge is 0.166 e. The summed E-state index contributed by atoms with van der Waals surface area (Å²) in [6.45, 7) is 2.94. The van der Waals surface area contributed by atoms with Crippen molar-refractivity contribution >= 4 is 17.3 Å². The Morgan fingerprint density at radius 2 is 1.85 bits per heavy atom. The maximum absolute atomic E-state index is 6.15. The number of nitrogens with zero attached hydrogens (tertiary/aromatic N) is 3. The summed E-state index contributed by atoms with van der Waals surface area (Å²) < 4.78 is 14.2. The molecule has 3 fully saturated rings. The number of fused-ring (bicyclic) bond motifs is 1. The van der Waals surface area contributed by atoms with Crippen molar-refractivity contribution in [1.29, 1.82) is 0 Å². The molecule has 2 aromatic rings. The van der Waals surface area contributed by atoms with Gasteiger partial charge >= 0.3 is 0 Å². The fourth-order valence-electron chi connectivity index (χ4n) is 5.34. The lowest BCUT2D eigenvalue weighted by Gasteiger charge is -2.26. The molecular weight excluding hydrogens is 436 g/mol. The molecule has 1 aromatic carbocycles. The van der Waals surface area contributed by atoms with Gasteiger partial charge in [0.15, 0.2) is 5.11 Å². The Labute approximate surface area is 201 Å². The standard InChI is InChI=1S/C24H34N6O2S/c1-29(12-17-8-4-2-5-9-17)13-19-14-30(28-27-19)21-16-32-22-20(15-31-23(21)22)26-24(33)25-18-10-6-3-7-11-18/h2,4-5,8-9,14,18,20-23H,3,6-7,10-13,15-16H2,1H3,(H2,25,26,33)/p+1/t20-,21-,22+,23+/m0/s1. The topological polar surface area (TPSA) is 77.7 Å². The summed E-state index contributed by atoms with van der Waals surface area (Å²) >= 11 is 5.58. The molecule has 0 radical (unpaired) electrons. The van der Waals surface area contributed by atoms with Crippen molar-refractivity contribution in [2.45, 2.75) is 75.5 Å². The second kappa shape index (κ2) is 10.5. The van der Waals surface area contributed by atoms with Crippen LogP contribution in [0.3, 0.4) is 0 Å². The van der Waals surface area contributed by atoms with Gasteiger partial charge in [-0.05, 0) is 25.1 Å². The van der Waals surface area contributed by atoms with Gasteiger partial charge in [-0.3, -0.25) is 0 Å². The maximum atomic E-state index is 6.15. The molecule has 2 aliphatic heterocycles. The molecule has 2 saturated heterocycles. The SMILES string of the molecule is C[NH+](Cc1ccccc1)Cc1cn([C@H]2CO[C@H]3[C@@H]2OC[C@@H]3NC(=S)NC2CCCCC2)nn1.